The number of Topliss-reactive ketones (excluding diaryl/α,β-unsaturated/α-hetero) is 1. The number of hydrogen-bond acceptors (Lipinski definition) is 16. The van der Waals surface area contributed by atoms with Crippen LogP contribution >= 0.6 is 11.6 Å². The van der Waals surface area contributed by atoms with E-state index in [1.807, 2.05) is 19.1 Å². The van der Waals surface area contributed by atoms with E-state index < -0.39 is 35.5 Å². The molecule has 17 heteroatoms. The van der Waals surface area contributed by atoms with E-state index >= 15 is 0 Å². The van der Waals surface area contributed by atoms with Crippen LogP contribution in [0.1, 0.15) is 158 Å². The molecule has 0 spiro atoms. The van der Waals surface area contributed by atoms with Gasteiger partial charge in [0.2, 0.25) is 0 Å². The second-order valence-corrected chi connectivity index (χ2v) is 18.7. The molecule has 0 radical (unpaired) electrons. The van der Waals surface area contributed by atoms with Crippen LogP contribution in [0.4, 0.5) is 0 Å². The summed E-state index contributed by atoms with van der Waals surface area (Å²) in [4.78, 5) is 61.0. The fourth-order valence-electron chi connectivity index (χ4n) is 8.47. The van der Waals surface area contributed by atoms with Gasteiger partial charge in [-0.2, -0.15) is 0 Å². The van der Waals surface area contributed by atoms with Crippen LogP contribution in [-0.4, -0.2) is 102 Å². The summed E-state index contributed by atoms with van der Waals surface area (Å²) in [6, 6.07) is 6.18. The Morgan fingerprint density at radius 1 is 0.577 bits per heavy atom. The number of ether oxygens (including phenoxy) is 4. The van der Waals surface area contributed by atoms with Gasteiger partial charge in [0.1, 0.15) is 69.2 Å². The molecule has 6 atom stereocenters. The van der Waals surface area contributed by atoms with Crippen molar-refractivity contribution in [3.63, 3.8) is 0 Å². The molecule has 3 aromatic carbocycles. The van der Waals surface area contributed by atoms with Crippen LogP contribution in [-0.2, 0) is 41.4 Å². The highest BCUT2D eigenvalue weighted by Crippen LogP contribution is 2.38. The summed E-state index contributed by atoms with van der Waals surface area (Å²) in [6.45, 7) is 5.30. The number of benzene rings is 3. The monoisotopic (exact) mass is 1000 g/mol. The van der Waals surface area contributed by atoms with Gasteiger partial charge in [0.15, 0.2) is 5.78 Å². The second kappa shape index (κ2) is 26.7. The van der Waals surface area contributed by atoms with Crippen LogP contribution in [0, 0.1) is 0 Å². The topological polar surface area (TPSA) is 267 Å². The highest BCUT2D eigenvalue weighted by molar-refractivity contribution is 6.33. The van der Waals surface area contributed by atoms with Crippen LogP contribution in [0.25, 0.3) is 6.08 Å². The maximum Gasteiger partial charge on any atom is 0.342 e. The summed E-state index contributed by atoms with van der Waals surface area (Å²) in [5.41, 5.74) is 1.05. The zero-order chi connectivity index (χ0) is 51.8. The van der Waals surface area contributed by atoms with Crippen molar-refractivity contribution in [2.24, 2.45) is 0 Å². The molecule has 16 nitrogen and oxygen atoms in total. The Hall–Kier alpha value is -6.36. The highest BCUT2D eigenvalue weighted by atomic mass is 35.5. The number of aliphatic hydroxyl groups excluding tert-OH is 1. The lowest BCUT2D eigenvalue weighted by molar-refractivity contribution is -0.119. The normalized spacial score (nSPS) is 25.2. The van der Waals surface area contributed by atoms with Crippen molar-refractivity contribution in [3.05, 3.63) is 99.1 Å². The summed E-state index contributed by atoms with van der Waals surface area (Å²) >= 11 is 6.05. The highest BCUT2D eigenvalue weighted by Gasteiger charge is 2.38. The molecule has 3 aromatic rings. The number of halogens is 1. The fourth-order valence-corrected chi connectivity index (χ4v) is 8.68. The van der Waals surface area contributed by atoms with E-state index in [1.54, 1.807) is 32.1 Å². The van der Waals surface area contributed by atoms with E-state index in [0.29, 0.717) is 62.5 Å². The van der Waals surface area contributed by atoms with Gasteiger partial charge in [-0.25, -0.2) is 14.4 Å². The Morgan fingerprint density at radius 3 is 1.92 bits per heavy atom. The van der Waals surface area contributed by atoms with Crippen LogP contribution in [0.15, 0.2) is 60.7 Å². The Bertz CT molecular complexity index is 2480. The lowest BCUT2D eigenvalue weighted by Gasteiger charge is -2.18. The number of cyclic esters (lactones) is 3. The molecule has 2 unspecified atom stereocenters. The average Bonchev–Trinajstić information content (AvgIpc) is 4.02. The van der Waals surface area contributed by atoms with E-state index in [9.17, 15) is 59.7 Å². The zero-order valence-corrected chi connectivity index (χ0v) is 41.1. The third-order valence-electron chi connectivity index (χ3n) is 12.2. The number of hydrogen-bond donors (Lipinski definition) is 7. The molecule has 0 aliphatic carbocycles. The van der Waals surface area contributed by atoms with Crippen molar-refractivity contribution in [1.29, 1.82) is 0 Å². The summed E-state index contributed by atoms with van der Waals surface area (Å²) in [6.07, 6.45) is 18.7. The molecule has 7 rings (SSSR count). The molecule has 71 heavy (non-hydrogen) atoms. The Morgan fingerprint density at radius 2 is 1.18 bits per heavy atom. The average molecular weight is 1010 g/mol. The SMILES string of the molecule is C[C@@H]1CC2OC2/C=C\C=C\C(=O)Cc2c(Cl)c(O)cc(O)c2C(=O)O1.C[C@H]1CCCC(=O)CCC/C=C/c2cc(O)cc(O)c2C(=O)O1.C[C@H]1CCC[C@@H](O)CCCCCc2cc(O)cc(O)c2C(=O)O1. The maximum atomic E-state index is 12.5. The minimum atomic E-state index is -0.802. The predicted octanol–water partition coefficient (Wildman–Crippen LogP) is 9.56. The number of phenols is 6. The van der Waals surface area contributed by atoms with Gasteiger partial charge in [-0.15, -0.1) is 0 Å². The van der Waals surface area contributed by atoms with Crippen molar-refractivity contribution in [1.82, 2.24) is 0 Å². The van der Waals surface area contributed by atoms with Crippen LogP contribution < -0.4 is 0 Å². The van der Waals surface area contributed by atoms with E-state index in [0.717, 1.165) is 57.1 Å². The Kier molecular flexibility index (Phi) is 20.9. The number of carbonyl (C=O) groups is 5. The number of phenolic OH excluding ortho intramolecular Hbond substituents is 6. The number of esters is 3. The Balaban J connectivity index is 0.000000198. The summed E-state index contributed by atoms with van der Waals surface area (Å²) in [5.74, 6) is -3.72. The minimum absolute atomic E-state index is 0.0348. The number of ketones is 2. The predicted molar refractivity (Wildman–Crippen MR) is 263 cm³/mol. The molecule has 1 saturated heterocycles. The van der Waals surface area contributed by atoms with Crippen LogP contribution in [0.3, 0.4) is 0 Å². The van der Waals surface area contributed by atoms with Gasteiger partial charge >= 0.3 is 17.9 Å². The molecular weight excluding hydrogens is 940 g/mol. The number of fused-ring (bicyclic) bond motifs is 4. The maximum absolute atomic E-state index is 12.5. The molecule has 384 valence electrons. The van der Waals surface area contributed by atoms with Crippen molar-refractivity contribution in [3.8, 4) is 34.5 Å². The van der Waals surface area contributed by atoms with Crippen LogP contribution in [0.5, 0.6) is 34.5 Å². The van der Waals surface area contributed by atoms with Crippen molar-refractivity contribution >= 4 is 47.2 Å². The number of rotatable bonds is 0. The van der Waals surface area contributed by atoms with Crippen LogP contribution in [0.2, 0.25) is 5.02 Å². The number of allylic oxidation sites excluding steroid dienone is 4. The molecule has 1 fully saturated rings. The van der Waals surface area contributed by atoms with E-state index in [2.05, 4.69) is 0 Å². The quantitative estimate of drug-likeness (QED) is 0.0628. The zero-order valence-electron chi connectivity index (χ0n) is 40.3. The summed E-state index contributed by atoms with van der Waals surface area (Å²) in [5, 5.41) is 69.0. The first kappa shape index (κ1) is 55.6. The first-order valence-corrected chi connectivity index (χ1v) is 24.5. The van der Waals surface area contributed by atoms with Gasteiger partial charge in [-0.1, -0.05) is 54.8 Å². The van der Waals surface area contributed by atoms with Gasteiger partial charge < -0.3 is 54.7 Å². The number of epoxide rings is 1. The second-order valence-electron chi connectivity index (χ2n) is 18.3. The standard InChI is InChI=1S/C18H17ClO6.C18H26O5.C18H22O5/c1-9-6-15-14(25-15)5-3-2-4-10(20)7-11-16(18(23)24-9)12(21)8-13(22)17(11)19;2*1-12-6-5-9-14(19)8-4-2-3-7-13-10-15(20)11-16(21)17(13)18(22)23-12/h2-5,8-9,14-15,21-22H,6-7H2,1H3;10-12,14,19-21H,2-9H2,1H3;3,7,10-12,20-21H,2,4-6,8-9H2,1H3/b4-2+,5-3-;;7-3+/t9-,14?,15?;12-,14-;12-/m100/s1. The molecule has 4 heterocycles. The van der Waals surface area contributed by atoms with Crippen molar-refractivity contribution in [2.45, 2.75) is 160 Å². The van der Waals surface area contributed by atoms with Crippen molar-refractivity contribution < 1.29 is 78.7 Å². The first-order valence-electron chi connectivity index (χ1n) is 24.2. The van der Waals surface area contributed by atoms with Gasteiger partial charge in [0.05, 0.1) is 29.4 Å². The smallest absolute Gasteiger partial charge is 0.342 e. The lowest BCUT2D eigenvalue weighted by atomic mass is 9.97. The first-order chi connectivity index (χ1) is 33.8. The third-order valence-corrected chi connectivity index (χ3v) is 12.6. The lowest BCUT2D eigenvalue weighted by Crippen LogP contribution is -2.19. The summed E-state index contributed by atoms with van der Waals surface area (Å²) < 4.78 is 21.6. The molecule has 4 aliphatic heterocycles. The van der Waals surface area contributed by atoms with E-state index in [1.165, 1.54) is 24.3 Å². The van der Waals surface area contributed by atoms with E-state index in [-0.39, 0.29) is 98.8 Å². The number of aryl methyl sites for hydroxylation is 1. The molecule has 0 aromatic heterocycles. The summed E-state index contributed by atoms with van der Waals surface area (Å²) in [7, 11) is 0. The number of aromatic hydroxyl groups is 6. The molecule has 4 aliphatic rings. The Labute approximate surface area is 418 Å². The number of carbonyl (C=O) groups excluding carboxylic acids is 5. The van der Waals surface area contributed by atoms with Gasteiger partial charge in [-0.05, 0) is 114 Å². The number of aliphatic hydroxyl groups is 1. The largest absolute Gasteiger partial charge is 0.508 e. The molecule has 0 saturated carbocycles. The minimum Gasteiger partial charge on any atom is -0.508 e. The molecule has 0 amide bonds. The third kappa shape index (κ3) is 17.2. The van der Waals surface area contributed by atoms with Gasteiger partial charge in [-0.3, -0.25) is 9.59 Å². The molecular formula is C54H65ClO16. The van der Waals surface area contributed by atoms with Crippen molar-refractivity contribution in [2.75, 3.05) is 0 Å². The van der Waals surface area contributed by atoms with E-state index in [4.69, 9.17) is 30.5 Å². The van der Waals surface area contributed by atoms with Gasteiger partial charge in [0.25, 0.3) is 0 Å². The molecule has 0 bridgehead atoms. The fraction of sp³-hybridized carbons (Fsp3) is 0.463. The molecule has 7 N–H and O–H groups in total. The van der Waals surface area contributed by atoms with Gasteiger partial charge in [0, 0.05) is 49.4 Å².